The van der Waals surface area contributed by atoms with Crippen LogP contribution in [-0.4, -0.2) is 41.5 Å². The molecule has 1 aromatic carbocycles. The van der Waals surface area contributed by atoms with Crippen LogP contribution in [0.5, 0.6) is 5.75 Å². The van der Waals surface area contributed by atoms with Crippen LogP contribution in [0.25, 0.3) is 0 Å². The molecule has 1 aliphatic heterocycles. The Bertz CT molecular complexity index is 1190. The number of nitrogens with two attached hydrogens (primary N) is 1. The van der Waals surface area contributed by atoms with Crippen LogP contribution in [-0.2, 0) is 16.0 Å². The predicted octanol–water partition coefficient (Wildman–Crippen LogP) is 3.55. The monoisotopic (exact) mass is 496 g/mol. The van der Waals surface area contributed by atoms with Gasteiger partial charge in [0, 0.05) is 48.5 Å². The van der Waals surface area contributed by atoms with Crippen molar-refractivity contribution in [2.24, 2.45) is 23.5 Å². The van der Waals surface area contributed by atoms with Gasteiger partial charge in [0.05, 0.1) is 30.4 Å². The number of allylic oxidation sites excluding steroid dienone is 1. The number of carbonyl (C=O) groups is 2. The molecule has 9 nitrogen and oxygen atoms in total. The number of carbonyl (C=O) groups excluding carboxylic acids is 2. The van der Waals surface area contributed by atoms with Gasteiger partial charge in [0.1, 0.15) is 11.6 Å². The summed E-state index contributed by atoms with van der Waals surface area (Å²) in [7, 11) is 1.62. The first kappa shape index (κ1) is 23.4. The molecule has 2 amide bonds. The normalized spacial score (nSPS) is 24.8. The number of hydrogen-bond donors (Lipinski definition) is 2. The first-order valence-electron chi connectivity index (χ1n) is 12.0. The lowest BCUT2D eigenvalue weighted by atomic mass is 9.88. The van der Waals surface area contributed by atoms with Crippen LogP contribution in [0.15, 0.2) is 36.5 Å². The van der Waals surface area contributed by atoms with E-state index >= 15 is 0 Å². The van der Waals surface area contributed by atoms with Gasteiger partial charge in [-0.2, -0.15) is 4.98 Å². The molecule has 184 valence electrons. The first-order valence-corrected chi connectivity index (χ1v) is 12.3. The van der Waals surface area contributed by atoms with Crippen molar-refractivity contribution in [3.05, 3.63) is 42.1 Å². The summed E-state index contributed by atoms with van der Waals surface area (Å²) >= 11 is 6.75. The molecule has 3 aliphatic rings. The molecule has 1 saturated carbocycles. The molecule has 1 fully saturated rings. The van der Waals surface area contributed by atoms with Gasteiger partial charge in [0.2, 0.25) is 17.8 Å². The van der Waals surface area contributed by atoms with Crippen molar-refractivity contribution >= 4 is 46.7 Å². The SMILES string of the molecule is CCN1C(=O)CCCc2c1ccc(Nc1nccc(N(Cl)[C@@H]3[C@H](C(N)=O)[C@H]4C=C[C@@H]3C4)n1)c2OC. The van der Waals surface area contributed by atoms with Crippen molar-refractivity contribution in [2.75, 3.05) is 28.3 Å². The maximum absolute atomic E-state index is 12.5. The zero-order chi connectivity index (χ0) is 24.7. The second kappa shape index (κ2) is 9.37. The molecule has 2 bridgehead atoms. The van der Waals surface area contributed by atoms with Gasteiger partial charge in [0.15, 0.2) is 0 Å². The third kappa shape index (κ3) is 4.07. The highest BCUT2D eigenvalue weighted by Gasteiger charge is 2.50. The maximum atomic E-state index is 12.5. The van der Waals surface area contributed by atoms with E-state index in [4.69, 9.17) is 22.2 Å². The Morgan fingerprint density at radius 2 is 2.09 bits per heavy atom. The minimum Gasteiger partial charge on any atom is -0.494 e. The van der Waals surface area contributed by atoms with E-state index in [2.05, 4.69) is 27.4 Å². The standard InChI is InChI=1S/C25H29ClN6O3/c1-3-31-18-10-9-17(23(35-2)16(18)5-4-6-20(31)33)29-25-28-12-11-19(30-25)32(26)22-15-8-7-14(13-15)21(22)24(27)34/h7-12,14-15,21-22H,3-6,13H2,1-2H3,(H2,27,34)(H,28,29,30)/t14-,15+,21+,22-/m0/s1. The molecule has 0 saturated heterocycles. The third-order valence-electron chi connectivity index (χ3n) is 7.28. The Hall–Kier alpha value is -3.33. The molecule has 0 unspecified atom stereocenters. The molecule has 5 rings (SSSR count). The summed E-state index contributed by atoms with van der Waals surface area (Å²) in [6.45, 7) is 2.57. The Morgan fingerprint density at radius 3 is 2.83 bits per heavy atom. The number of benzene rings is 1. The van der Waals surface area contributed by atoms with E-state index < -0.39 is 0 Å². The Labute approximate surface area is 209 Å². The van der Waals surface area contributed by atoms with E-state index in [9.17, 15) is 9.59 Å². The van der Waals surface area contributed by atoms with Gasteiger partial charge < -0.3 is 20.7 Å². The highest BCUT2D eigenvalue weighted by Crippen LogP contribution is 2.47. The summed E-state index contributed by atoms with van der Waals surface area (Å²) in [5, 5.41) is 3.25. The van der Waals surface area contributed by atoms with Crippen LogP contribution in [0.1, 0.15) is 31.7 Å². The van der Waals surface area contributed by atoms with Gasteiger partial charge >= 0.3 is 0 Å². The Balaban J connectivity index is 1.43. The number of amides is 2. The molecule has 35 heavy (non-hydrogen) atoms. The lowest BCUT2D eigenvalue weighted by Crippen LogP contribution is -2.44. The van der Waals surface area contributed by atoms with Crippen molar-refractivity contribution in [2.45, 2.75) is 38.6 Å². The van der Waals surface area contributed by atoms with Crippen molar-refractivity contribution in [3.63, 3.8) is 0 Å². The number of nitrogens with zero attached hydrogens (tertiary/aromatic N) is 4. The molecule has 2 aliphatic carbocycles. The lowest BCUT2D eigenvalue weighted by molar-refractivity contribution is -0.123. The fraction of sp³-hybridized carbons (Fsp3) is 0.440. The van der Waals surface area contributed by atoms with Crippen LogP contribution >= 0.6 is 11.8 Å². The minimum absolute atomic E-state index is 0.113. The smallest absolute Gasteiger partial charge is 0.229 e. The second-order valence-electron chi connectivity index (χ2n) is 9.18. The minimum atomic E-state index is -0.359. The molecule has 10 heteroatoms. The van der Waals surface area contributed by atoms with Gasteiger partial charge in [0.25, 0.3) is 0 Å². The predicted molar refractivity (Wildman–Crippen MR) is 135 cm³/mol. The number of halogens is 1. The molecular weight excluding hydrogens is 468 g/mol. The molecule has 4 atom stereocenters. The zero-order valence-corrected chi connectivity index (χ0v) is 20.5. The fourth-order valence-corrected chi connectivity index (χ4v) is 6.12. The van der Waals surface area contributed by atoms with Crippen LogP contribution in [0.4, 0.5) is 23.1 Å². The number of nitrogens with one attached hydrogen (secondary N) is 1. The molecular formula is C25H29ClN6O3. The summed E-state index contributed by atoms with van der Waals surface area (Å²) < 4.78 is 7.30. The molecule has 0 spiro atoms. The van der Waals surface area contributed by atoms with Crippen molar-refractivity contribution in [1.29, 1.82) is 0 Å². The lowest BCUT2D eigenvalue weighted by Gasteiger charge is -2.32. The molecule has 1 aromatic heterocycles. The van der Waals surface area contributed by atoms with Crippen molar-refractivity contribution in [1.82, 2.24) is 9.97 Å². The van der Waals surface area contributed by atoms with Crippen LogP contribution < -0.4 is 25.1 Å². The number of methoxy groups -OCH3 is 1. The summed E-state index contributed by atoms with van der Waals surface area (Å²) in [5.74, 6) is 1.17. The molecule has 2 heterocycles. The summed E-state index contributed by atoms with van der Waals surface area (Å²) in [6, 6.07) is 5.26. The first-order chi connectivity index (χ1) is 16.9. The fourth-order valence-electron chi connectivity index (χ4n) is 5.76. The van der Waals surface area contributed by atoms with Crippen LogP contribution in [0.3, 0.4) is 0 Å². The largest absolute Gasteiger partial charge is 0.494 e. The highest BCUT2D eigenvalue weighted by molar-refractivity contribution is 6.26. The number of fused-ring (bicyclic) bond motifs is 3. The number of ether oxygens (including phenoxy) is 1. The second-order valence-corrected chi connectivity index (χ2v) is 9.54. The Kier molecular flexibility index (Phi) is 6.27. The van der Waals surface area contributed by atoms with Crippen molar-refractivity contribution in [3.8, 4) is 5.75 Å². The van der Waals surface area contributed by atoms with Crippen molar-refractivity contribution < 1.29 is 14.3 Å². The number of anilines is 4. The van der Waals surface area contributed by atoms with Crippen LogP contribution in [0.2, 0.25) is 0 Å². The van der Waals surface area contributed by atoms with E-state index in [1.54, 1.807) is 24.3 Å². The number of hydrogen-bond acceptors (Lipinski definition) is 7. The van der Waals surface area contributed by atoms with E-state index in [0.29, 0.717) is 36.2 Å². The van der Waals surface area contributed by atoms with Gasteiger partial charge in [-0.3, -0.25) is 14.0 Å². The zero-order valence-electron chi connectivity index (χ0n) is 19.8. The van der Waals surface area contributed by atoms with E-state index in [-0.39, 0.29) is 35.6 Å². The average molecular weight is 497 g/mol. The molecule has 0 radical (unpaired) electrons. The Morgan fingerprint density at radius 1 is 1.29 bits per heavy atom. The summed E-state index contributed by atoms with van der Waals surface area (Å²) in [6.07, 6.45) is 8.65. The van der Waals surface area contributed by atoms with E-state index in [1.807, 2.05) is 19.1 Å². The quantitative estimate of drug-likeness (QED) is 0.445. The average Bonchev–Trinajstić information content (AvgIpc) is 3.43. The third-order valence-corrected chi connectivity index (χ3v) is 7.68. The topological polar surface area (TPSA) is 114 Å². The highest BCUT2D eigenvalue weighted by atomic mass is 35.5. The molecule has 2 aromatic rings. The van der Waals surface area contributed by atoms with E-state index in [0.717, 1.165) is 30.5 Å². The van der Waals surface area contributed by atoms with E-state index in [1.165, 1.54) is 4.42 Å². The van der Waals surface area contributed by atoms with Crippen LogP contribution in [0, 0.1) is 17.8 Å². The van der Waals surface area contributed by atoms with Gasteiger partial charge in [-0.25, -0.2) is 4.98 Å². The van der Waals surface area contributed by atoms with Gasteiger partial charge in [-0.15, -0.1) is 0 Å². The number of aromatic nitrogens is 2. The van der Waals surface area contributed by atoms with Gasteiger partial charge in [-0.05, 0) is 44.2 Å². The summed E-state index contributed by atoms with van der Waals surface area (Å²) in [5.41, 5.74) is 8.27. The van der Waals surface area contributed by atoms with Gasteiger partial charge in [-0.1, -0.05) is 12.2 Å². The number of rotatable bonds is 7. The molecule has 3 N–H and O–H groups in total. The summed E-state index contributed by atoms with van der Waals surface area (Å²) in [4.78, 5) is 35.4. The number of primary amides is 1. The maximum Gasteiger partial charge on any atom is 0.229 e.